The van der Waals surface area contributed by atoms with Gasteiger partial charge in [0.05, 0.1) is 12.4 Å². The van der Waals surface area contributed by atoms with Crippen LogP contribution in [0.15, 0.2) is 12.3 Å². The molecule has 1 rings (SSSR count). The fourth-order valence-electron chi connectivity index (χ4n) is 3.02. The lowest BCUT2D eigenvalue weighted by Gasteiger charge is -2.35. The first kappa shape index (κ1) is 16.0. The summed E-state index contributed by atoms with van der Waals surface area (Å²) < 4.78 is 5.57. The smallest absolute Gasteiger partial charge is 0.0918 e. The maximum Gasteiger partial charge on any atom is 0.0918 e. The van der Waals surface area contributed by atoms with Gasteiger partial charge in [0.1, 0.15) is 0 Å². The fourth-order valence-corrected chi connectivity index (χ4v) is 5.95. The molecule has 0 radical (unpaired) electrons. The van der Waals surface area contributed by atoms with Crippen LogP contribution in [0, 0.1) is 11.3 Å². The first-order chi connectivity index (χ1) is 8.33. The van der Waals surface area contributed by atoms with Gasteiger partial charge >= 0.3 is 0 Å². The Balaban J connectivity index is 2.37. The minimum Gasteiger partial charge on any atom is -0.499 e. The lowest BCUT2D eigenvalue weighted by Crippen LogP contribution is -2.22. The average Bonchev–Trinajstić information content (AvgIpc) is 2.27. The van der Waals surface area contributed by atoms with E-state index in [1.54, 1.807) is 0 Å². The van der Waals surface area contributed by atoms with Gasteiger partial charge in [0, 0.05) is 5.92 Å². The Morgan fingerprint density at radius 2 is 1.78 bits per heavy atom. The van der Waals surface area contributed by atoms with Gasteiger partial charge in [-0.05, 0) is 56.5 Å². The SMILES string of the molecule is C=C(OCC)C1CCC(P(C)CC(C)(C)C)CC1. The summed E-state index contributed by atoms with van der Waals surface area (Å²) in [5, 5.41) is 0. The molecule has 1 fully saturated rings. The lowest BCUT2D eigenvalue weighted by molar-refractivity contribution is 0.174. The summed E-state index contributed by atoms with van der Waals surface area (Å²) in [6, 6.07) is 0. The number of allylic oxidation sites excluding steroid dienone is 1. The molecule has 0 saturated heterocycles. The van der Waals surface area contributed by atoms with Crippen molar-refractivity contribution < 1.29 is 4.74 Å². The number of hydrogen-bond donors (Lipinski definition) is 0. The van der Waals surface area contributed by atoms with Crippen LogP contribution in [0.1, 0.15) is 53.4 Å². The van der Waals surface area contributed by atoms with E-state index in [9.17, 15) is 0 Å². The quantitative estimate of drug-likeness (QED) is 0.489. The second kappa shape index (κ2) is 6.94. The summed E-state index contributed by atoms with van der Waals surface area (Å²) in [6.07, 6.45) is 6.76. The monoisotopic (exact) mass is 270 g/mol. The minimum atomic E-state index is 0.197. The third kappa shape index (κ3) is 5.31. The Bertz CT molecular complexity index is 259. The Labute approximate surface area is 115 Å². The van der Waals surface area contributed by atoms with Gasteiger partial charge < -0.3 is 4.74 Å². The maximum atomic E-state index is 5.57. The standard InChI is InChI=1S/C16H31OP/c1-7-17-13(2)14-8-10-15(11-9-14)18(6)12-16(3,4)5/h14-15H,2,7-12H2,1,3-6H3. The van der Waals surface area contributed by atoms with E-state index in [-0.39, 0.29) is 7.92 Å². The molecule has 1 aliphatic rings. The van der Waals surface area contributed by atoms with E-state index in [1.807, 2.05) is 6.92 Å². The number of rotatable bonds is 5. The summed E-state index contributed by atoms with van der Waals surface area (Å²) in [4.78, 5) is 0. The van der Waals surface area contributed by atoms with Gasteiger partial charge in [0.25, 0.3) is 0 Å². The molecule has 1 saturated carbocycles. The van der Waals surface area contributed by atoms with Crippen LogP contribution in [-0.2, 0) is 4.74 Å². The van der Waals surface area contributed by atoms with Crippen LogP contribution in [0.3, 0.4) is 0 Å². The van der Waals surface area contributed by atoms with Gasteiger partial charge in [0.15, 0.2) is 0 Å². The van der Waals surface area contributed by atoms with E-state index >= 15 is 0 Å². The Morgan fingerprint density at radius 3 is 2.22 bits per heavy atom. The van der Waals surface area contributed by atoms with Crippen molar-refractivity contribution in [3.05, 3.63) is 12.3 Å². The normalized spacial score (nSPS) is 26.7. The number of ether oxygens (including phenoxy) is 1. The van der Waals surface area contributed by atoms with Gasteiger partial charge in [-0.25, -0.2) is 0 Å². The fraction of sp³-hybridized carbons (Fsp3) is 0.875. The van der Waals surface area contributed by atoms with Gasteiger partial charge in [0.2, 0.25) is 0 Å². The summed E-state index contributed by atoms with van der Waals surface area (Å²) in [5.41, 5.74) is 1.47. The molecular formula is C16H31OP. The van der Waals surface area contributed by atoms with E-state index < -0.39 is 0 Å². The van der Waals surface area contributed by atoms with E-state index in [4.69, 9.17) is 4.74 Å². The van der Waals surface area contributed by atoms with E-state index in [1.165, 1.54) is 31.8 Å². The molecule has 0 bridgehead atoms. The first-order valence-electron chi connectivity index (χ1n) is 7.35. The maximum absolute atomic E-state index is 5.57. The molecule has 1 atom stereocenters. The molecule has 0 spiro atoms. The van der Waals surface area contributed by atoms with Crippen LogP contribution in [0.5, 0.6) is 0 Å². The zero-order valence-electron chi connectivity index (χ0n) is 13.0. The van der Waals surface area contributed by atoms with Crippen LogP contribution in [-0.4, -0.2) is 25.1 Å². The molecule has 1 aliphatic carbocycles. The van der Waals surface area contributed by atoms with E-state index in [0.717, 1.165) is 18.0 Å². The van der Waals surface area contributed by atoms with Crippen molar-refractivity contribution in [2.24, 2.45) is 11.3 Å². The highest BCUT2D eigenvalue weighted by Gasteiger charge is 2.28. The Morgan fingerprint density at radius 1 is 1.22 bits per heavy atom. The molecule has 0 amide bonds. The van der Waals surface area contributed by atoms with Crippen LogP contribution in [0.25, 0.3) is 0 Å². The highest BCUT2D eigenvalue weighted by atomic mass is 31.1. The first-order valence-corrected chi connectivity index (χ1v) is 9.39. The van der Waals surface area contributed by atoms with Gasteiger partial charge in [-0.2, -0.15) is 0 Å². The Kier molecular flexibility index (Phi) is 6.18. The molecule has 0 heterocycles. The second-order valence-corrected chi connectivity index (χ2v) is 9.44. The highest BCUT2D eigenvalue weighted by molar-refractivity contribution is 7.57. The molecule has 2 heteroatoms. The van der Waals surface area contributed by atoms with E-state index in [0.29, 0.717) is 11.3 Å². The largest absolute Gasteiger partial charge is 0.499 e. The predicted octanol–water partition coefficient (Wildman–Crippen LogP) is 5.25. The van der Waals surface area contributed by atoms with Crippen molar-refractivity contribution in [1.29, 1.82) is 0 Å². The van der Waals surface area contributed by atoms with Gasteiger partial charge in [-0.3, -0.25) is 0 Å². The van der Waals surface area contributed by atoms with Crippen molar-refractivity contribution in [3.8, 4) is 0 Å². The third-order valence-electron chi connectivity index (χ3n) is 3.83. The molecular weight excluding hydrogens is 239 g/mol. The van der Waals surface area contributed by atoms with Crippen molar-refractivity contribution in [3.63, 3.8) is 0 Å². The van der Waals surface area contributed by atoms with Crippen molar-refractivity contribution in [2.75, 3.05) is 19.4 Å². The van der Waals surface area contributed by atoms with E-state index in [2.05, 4.69) is 34.0 Å². The van der Waals surface area contributed by atoms with Crippen molar-refractivity contribution in [2.45, 2.75) is 59.0 Å². The second-order valence-electron chi connectivity index (χ2n) is 6.88. The molecule has 0 N–H and O–H groups in total. The highest BCUT2D eigenvalue weighted by Crippen LogP contribution is 2.49. The molecule has 106 valence electrons. The van der Waals surface area contributed by atoms with Crippen molar-refractivity contribution >= 4 is 7.92 Å². The molecule has 0 aliphatic heterocycles. The molecule has 0 aromatic carbocycles. The van der Waals surface area contributed by atoms with Crippen molar-refractivity contribution in [1.82, 2.24) is 0 Å². The molecule has 18 heavy (non-hydrogen) atoms. The van der Waals surface area contributed by atoms with Crippen LogP contribution < -0.4 is 0 Å². The molecule has 0 aromatic rings. The van der Waals surface area contributed by atoms with Gasteiger partial charge in [-0.15, -0.1) is 7.92 Å². The molecule has 1 nitrogen and oxygen atoms in total. The summed E-state index contributed by atoms with van der Waals surface area (Å²) in [5.74, 6) is 1.66. The summed E-state index contributed by atoms with van der Waals surface area (Å²) in [7, 11) is 0.197. The van der Waals surface area contributed by atoms with Crippen LogP contribution in [0.2, 0.25) is 0 Å². The van der Waals surface area contributed by atoms with Crippen LogP contribution >= 0.6 is 7.92 Å². The summed E-state index contributed by atoms with van der Waals surface area (Å²) in [6.45, 7) is 16.5. The lowest BCUT2D eigenvalue weighted by atomic mass is 9.88. The number of hydrogen-bond acceptors (Lipinski definition) is 1. The zero-order chi connectivity index (χ0) is 13.8. The third-order valence-corrected chi connectivity index (χ3v) is 7.04. The van der Waals surface area contributed by atoms with Gasteiger partial charge in [-0.1, -0.05) is 27.4 Å². The van der Waals surface area contributed by atoms with Crippen LogP contribution in [0.4, 0.5) is 0 Å². The Hall–Kier alpha value is -0.0300. The minimum absolute atomic E-state index is 0.197. The predicted molar refractivity (Wildman–Crippen MR) is 83.7 cm³/mol. The summed E-state index contributed by atoms with van der Waals surface area (Å²) >= 11 is 0. The molecule has 0 aromatic heterocycles. The average molecular weight is 270 g/mol. The molecule has 1 unspecified atom stereocenters. The zero-order valence-corrected chi connectivity index (χ0v) is 13.9. The topological polar surface area (TPSA) is 9.23 Å².